The van der Waals surface area contributed by atoms with Crippen LogP contribution in [0.2, 0.25) is 0 Å². The first-order chi connectivity index (χ1) is 16.5. The highest BCUT2D eigenvalue weighted by atomic mass is 32.1. The largest absolute Gasteiger partial charge is 0.347 e. The van der Waals surface area contributed by atoms with Crippen molar-refractivity contribution in [1.82, 2.24) is 19.9 Å². The number of anilines is 2. The van der Waals surface area contributed by atoms with Gasteiger partial charge in [0.05, 0.1) is 10.6 Å². The maximum absolute atomic E-state index is 12.4. The van der Waals surface area contributed by atoms with E-state index < -0.39 is 11.8 Å². The number of benzene rings is 1. The summed E-state index contributed by atoms with van der Waals surface area (Å²) in [5.74, 6) is -0.719. The van der Waals surface area contributed by atoms with Crippen LogP contribution in [0.5, 0.6) is 0 Å². The summed E-state index contributed by atoms with van der Waals surface area (Å²) in [6, 6.07) is 9.23. The van der Waals surface area contributed by atoms with Gasteiger partial charge in [0.15, 0.2) is 5.82 Å². The monoisotopic (exact) mass is 494 g/mol. The summed E-state index contributed by atoms with van der Waals surface area (Å²) in [4.78, 5) is 44.9. The van der Waals surface area contributed by atoms with Crippen molar-refractivity contribution < 1.29 is 14.4 Å². The number of nitrogens with one attached hydrogen (secondary N) is 2. The molecular weight excluding hydrogens is 472 g/mol. The lowest BCUT2D eigenvalue weighted by Crippen LogP contribution is -2.36. The number of aromatic nitrogens is 3. The van der Waals surface area contributed by atoms with Crippen molar-refractivity contribution in [2.45, 2.75) is 26.2 Å². The number of carbonyl (C=O) groups excluding carboxylic acids is 3. The topological polar surface area (TPSA) is 109 Å². The Morgan fingerprint density at radius 1 is 1.18 bits per heavy atom. The Morgan fingerprint density at radius 2 is 2.06 bits per heavy atom. The van der Waals surface area contributed by atoms with Crippen LogP contribution in [0.4, 0.5) is 11.4 Å². The van der Waals surface area contributed by atoms with Crippen molar-refractivity contribution in [3.05, 3.63) is 52.3 Å². The summed E-state index contributed by atoms with van der Waals surface area (Å²) < 4.78 is 1.78. The van der Waals surface area contributed by atoms with Gasteiger partial charge >= 0.3 is 11.8 Å². The molecule has 1 fully saturated rings. The molecular formula is C23H22N6O3S2. The van der Waals surface area contributed by atoms with E-state index in [1.807, 2.05) is 35.9 Å². The van der Waals surface area contributed by atoms with Crippen LogP contribution in [0.25, 0.3) is 15.7 Å². The maximum Gasteiger partial charge on any atom is 0.313 e. The van der Waals surface area contributed by atoms with Crippen LogP contribution in [0.15, 0.2) is 41.1 Å². The quantitative estimate of drug-likeness (QED) is 0.400. The number of rotatable bonds is 6. The molecule has 0 spiro atoms. The molecule has 0 radical (unpaired) electrons. The fraction of sp³-hybridized carbons (Fsp3) is 0.261. The number of amides is 3. The molecule has 9 nitrogen and oxygen atoms in total. The first kappa shape index (κ1) is 22.2. The second kappa shape index (κ2) is 9.35. The van der Waals surface area contributed by atoms with E-state index in [-0.39, 0.29) is 12.5 Å². The summed E-state index contributed by atoms with van der Waals surface area (Å²) in [7, 11) is 0. The molecule has 0 saturated carbocycles. The van der Waals surface area contributed by atoms with E-state index in [0.29, 0.717) is 30.9 Å². The van der Waals surface area contributed by atoms with Gasteiger partial charge in [-0.15, -0.1) is 27.8 Å². The summed E-state index contributed by atoms with van der Waals surface area (Å²) in [6.07, 6.45) is 1.86. The lowest BCUT2D eigenvalue weighted by Gasteiger charge is -2.19. The van der Waals surface area contributed by atoms with E-state index in [0.717, 1.165) is 33.2 Å². The van der Waals surface area contributed by atoms with Gasteiger partial charge in [-0.05, 0) is 42.5 Å². The fourth-order valence-corrected chi connectivity index (χ4v) is 5.37. The first-order valence-corrected chi connectivity index (χ1v) is 12.6. The van der Waals surface area contributed by atoms with Crippen LogP contribution in [0.1, 0.15) is 24.1 Å². The maximum atomic E-state index is 12.4. The highest BCUT2D eigenvalue weighted by Crippen LogP contribution is 2.28. The van der Waals surface area contributed by atoms with Crippen LogP contribution in [-0.4, -0.2) is 45.4 Å². The number of thiazole rings is 1. The van der Waals surface area contributed by atoms with Crippen LogP contribution in [0.3, 0.4) is 0 Å². The minimum absolute atomic E-state index is 0.0711. The predicted molar refractivity (Wildman–Crippen MR) is 132 cm³/mol. The molecule has 1 aliphatic heterocycles. The molecule has 0 aliphatic carbocycles. The number of hydrogen-bond acceptors (Lipinski definition) is 7. The summed E-state index contributed by atoms with van der Waals surface area (Å²) in [6.45, 7) is 2.86. The Hall–Kier alpha value is -3.57. The second-order valence-electron chi connectivity index (χ2n) is 7.94. The Balaban J connectivity index is 1.18. The molecule has 4 aromatic rings. The van der Waals surface area contributed by atoms with E-state index in [1.54, 1.807) is 32.9 Å². The Bertz CT molecular complexity index is 1370. The van der Waals surface area contributed by atoms with Crippen molar-refractivity contribution >= 4 is 56.7 Å². The van der Waals surface area contributed by atoms with E-state index in [4.69, 9.17) is 0 Å². The van der Waals surface area contributed by atoms with Gasteiger partial charge in [0.1, 0.15) is 0 Å². The number of hydrogen-bond donors (Lipinski definition) is 2. The summed E-state index contributed by atoms with van der Waals surface area (Å²) in [5, 5.41) is 13.8. The molecule has 11 heteroatoms. The van der Waals surface area contributed by atoms with E-state index in [1.165, 1.54) is 11.3 Å². The van der Waals surface area contributed by atoms with Crippen LogP contribution in [0, 0.1) is 6.92 Å². The number of thiophene rings is 1. The van der Waals surface area contributed by atoms with Gasteiger partial charge in [-0.1, -0.05) is 12.1 Å². The molecule has 5 rings (SSSR count). The van der Waals surface area contributed by atoms with Gasteiger partial charge < -0.3 is 15.5 Å². The normalized spacial score (nSPS) is 13.6. The number of aryl methyl sites for hydroxylation is 1. The lowest BCUT2D eigenvalue weighted by molar-refractivity contribution is -0.136. The molecule has 2 N–H and O–H groups in total. The number of nitrogens with zero attached hydrogens (tertiary/aromatic N) is 4. The number of fused-ring (bicyclic) bond motifs is 1. The molecule has 0 atom stereocenters. The average Bonchev–Trinajstić information content (AvgIpc) is 3.60. The summed E-state index contributed by atoms with van der Waals surface area (Å²) in [5.41, 5.74) is 3.09. The minimum Gasteiger partial charge on any atom is -0.347 e. The zero-order valence-electron chi connectivity index (χ0n) is 18.4. The lowest BCUT2D eigenvalue weighted by atomic mass is 10.1. The molecule has 1 saturated heterocycles. The highest BCUT2D eigenvalue weighted by Gasteiger charge is 2.24. The van der Waals surface area contributed by atoms with Crippen LogP contribution < -0.4 is 15.5 Å². The van der Waals surface area contributed by atoms with E-state index >= 15 is 0 Å². The third kappa shape index (κ3) is 4.44. The van der Waals surface area contributed by atoms with Gasteiger partial charge in [0, 0.05) is 42.7 Å². The zero-order chi connectivity index (χ0) is 23.7. The van der Waals surface area contributed by atoms with Crippen molar-refractivity contribution in [3.63, 3.8) is 0 Å². The van der Waals surface area contributed by atoms with Crippen LogP contribution >= 0.6 is 22.7 Å². The predicted octanol–water partition coefficient (Wildman–Crippen LogP) is 3.25. The first-order valence-electron chi connectivity index (χ1n) is 10.9. The molecule has 174 valence electrons. The smallest absolute Gasteiger partial charge is 0.313 e. The Labute approximate surface area is 203 Å². The second-order valence-corrected chi connectivity index (χ2v) is 9.73. The van der Waals surface area contributed by atoms with Gasteiger partial charge in [-0.25, -0.2) is 4.52 Å². The Morgan fingerprint density at radius 3 is 2.82 bits per heavy atom. The SMILES string of the molecule is Cc1ccc(NC(=O)C(=O)NCCc2csc3nc(-c4cccs4)nn23)cc1N1CCCC1=O. The van der Waals surface area contributed by atoms with Gasteiger partial charge in [0.25, 0.3) is 0 Å². The van der Waals surface area contributed by atoms with E-state index in [9.17, 15) is 14.4 Å². The van der Waals surface area contributed by atoms with Crippen molar-refractivity contribution in [2.24, 2.45) is 0 Å². The molecule has 1 aromatic carbocycles. The molecule has 3 aromatic heterocycles. The third-order valence-corrected chi connectivity index (χ3v) is 7.33. The summed E-state index contributed by atoms with van der Waals surface area (Å²) >= 11 is 3.07. The van der Waals surface area contributed by atoms with Crippen molar-refractivity contribution in [2.75, 3.05) is 23.3 Å². The molecule has 1 aliphatic rings. The molecule has 0 bridgehead atoms. The molecule has 3 amide bonds. The standard InChI is InChI=1S/C23H22N6O3S2/c1-14-6-7-15(12-17(14)28-10-2-5-19(28)30)25-22(32)21(31)24-9-8-16-13-34-23-26-20(27-29(16)23)18-4-3-11-33-18/h3-4,6-7,11-13H,2,5,8-10H2,1H3,(H,24,31)(H,25,32). The molecule has 4 heterocycles. The highest BCUT2D eigenvalue weighted by molar-refractivity contribution is 7.15. The molecule has 34 heavy (non-hydrogen) atoms. The third-order valence-electron chi connectivity index (χ3n) is 5.60. The minimum atomic E-state index is -0.751. The van der Waals surface area contributed by atoms with Crippen LogP contribution in [-0.2, 0) is 20.8 Å². The van der Waals surface area contributed by atoms with Gasteiger partial charge in [0.2, 0.25) is 10.9 Å². The van der Waals surface area contributed by atoms with Crippen molar-refractivity contribution in [1.29, 1.82) is 0 Å². The van der Waals surface area contributed by atoms with E-state index in [2.05, 4.69) is 20.7 Å². The number of carbonyl (C=O) groups is 3. The molecule has 0 unspecified atom stereocenters. The fourth-order valence-electron chi connectivity index (χ4n) is 3.86. The Kier molecular flexibility index (Phi) is 6.12. The van der Waals surface area contributed by atoms with Gasteiger partial charge in [-0.3, -0.25) is 14.4 Å². The van der Waals surface area contributed by atoms with Gasteiger partial charge in [-0.2, -0.15) is 4.98 Å². The average molecular weight is 495 g/mol. The zero-order valence-corrected chi connectivity index (χ0v) is 20.0. The van der Waals surface area contributed by atoms with Crippen molar-refractivity contribution in [3.8, 4) is 10.7 Å².